The minimum atomic E-state index is -0.517. The van der Waals surface area contributed by atoms with E-state index in [9.17, 15) is 9.59 Å². The van der Waals surface area contributed by atoms with Gasteiger partial charge in [0.05, 0.1) is 12.1 Å². The largest absolute Gasteiger partial charge is 0.466 e. The second-order valence-corrected chi connectivity index (χ2v) is 6.28. The molecule has 0 aliphatic rings. The molecule has 132 valence electrons. The Labute approximate surface area is 144 Å². The maximum absolute atomic E-state index is 12.1. The summed E-state index contributed by atoms with van der Waals surface area (Å²) in [6.45, 7) is 12.4. The summed E-state index contributed by atoms with van der Waals surface area (Å²) >= 11 is 0. The van der Waals surface area contributed by atoms with Crippen molar-refractivity contribution in [3.05, 3.63) is 42.0 Å². The van der Waals surface area contributed by atoms with E-state index in [1.54, 1.807) is 6.92 Å². The molecule has 0 bridgehead atoms. The van der Waals surface area contributed by atoms with Gasteiger partial charge in [-0.1, -0.05) is 30.4 Å². The fraction of sp³-hybridized carbons (Fsp3) is 0.474. The van der Waals surface area contributed by atoms with Crippen molar-refractivity contribution in [2.45, 2.75) is 46.1 Å². The molecule has 0 atom stereocenters. The Morgan fingerprint density at radius 2 is 2.00 bits per heavy atom. The van der Waals surface area contributed by atoms with Gasteiger partial charge >= 0.3 is 12.0 Å². The molecule has 1 aromatic rings. The maximum Gasteiger partial charge on any atom is 0.315 e. The topological polar surface area (TPSA) is 67.4 Å². The fourth-order valence-electron chi connectivity index (χ4n) is 2.24. The molecule has 0 radical (unpaired) electrons. The van der Waals surface area contributed by atoms with Crippen molar-refractivity contribution >= 4 is 17.6 Å². The number of carbonyl (C=O) groups excluding carboxylic acids is 2. The third-order valence-electron chi connectivity index (χ3n) is 3.65. The van der Waals surface area contributed by atoms with Gasteiger partial charge in [0, 0.05) is 13.0 Å². The van der Waals surface area contributed by atoms with Gasteiger partial charge in [-0.25, -0.2) is 4.79 Å². The first-order chi connectivity index (χ1) is 11.3. The lowest BCUT2D eigenvalue weighted by Crippen LogP contribution is -2.46. The second-order valence-electron chi connectivity index (χ2n) is 6.28. The Balaban J connectivity index is 2.51. The van der Waals surface area contributed by atoms with Crippen LogP contribution in [0.25, 0.3) is 5.57 Å². The molecule has 0 saturated heterocycles. The number of hydrogen-bond acceptors (Lipinski definition) is 3. The second kappa shape index (κ2) is 9.11. The van der Waals surface area contributed by atoms with Crippen LogP contribution in [0.2, 0.25) is 0 Å². The average molecular weight is 332 g/mol. The number of ether oxygens (including phenoxy) is 1. The Hall–Kier alpha value is -2.30. The lowest BCUT2D eigenvalue weighted by atomic mass is 9.92. The normalized spacial score (nSPS) is 10.8. The average Bonchev–Trinajstić information content (AvgIpc) is 2.51. The van der Waals surface area contributed by atoms with Crippen LogP contribution in [-0.4, -0.2) is 25.2 Å². The number of allylic oxidation sites excluding steroid dienone is 1. The van der Waals surface area contributed by atoms with Gasteiger partial charge in [0.15, 0.2) is 0 Å². The van der Waals surface area contributed by atoms with E-state index >= 15 is 0 Å². The molecule has 1 rings (SSSR count). The van der Waals surface area contributed by atoms with Gasteiger partial charge in [0.1, 0.15) is 0 Å². The van der Waals surface area contributed by atoms with Gasteiger partial charge in [-0.15, -0.1) is 0 Å². The van der Waals surface area contributed by atoms with Crippen LogP contribution in [0.4, 0.5) is 4.79 Å². The number of urea groups is 1. The predicted octanol–water partition coefficient (Wildman–Crippen LogP) is 3.60. The highest BCUT2D eigenvalue weighted by atomic mass is 16.5. The summed E-state index contributed by atoms with van der Waals surface area (Å²) in [5, 5.41) is 5.72. The first-order valence-electron chi connectivity index (χ1n) is 8.24. The van der Waals surface area contributed by atoms with Crippen LogP contribution in [0.5, 0.6) is 0 Å². The first-order valence-corrected chi connectivity index (χ1v) is 8.24. The molecule has 0 fully saturated rings. The lowest BCUT2D eigenvalue weighted by molar-refractivity contribution is -0.143. The quantitative estimate of drug-likeness (QED) is 0.564. The van der Waals surface area contributed by atoms with E-state index in [4.69, 9.17) is 4.74 Å². The summed E-state index contributed by atoms with van der Waals surface area (Å²) in [5.74, 6) is -0.239. The van der Waals surface area contributed by atoms with Gasteiger partial charge in [-0.05, 0) is 51.3 Å². The summed E-state index contributed by atoms with van der Waals surface area (Å²) in [5.41, 5.74) is 2.52. The third-order valence-corrected chi connectivity index (χ3v) is 3.65. The van der Waals surface area contributed by atoms with Crippen LogP contribution < -0.4 is 10.6 Å². The molecular weight excluding hydrogens is 304 g/mol. The van der Waals surface area contributed by atoms with E-state index < -0.39 is 5.54 Å². The van der Waals surface area contributed by atoms with Crippen molar-refractivity contribution in [3.8, 4) is 0 Å². The molecule has 0 saturated carbocycles. The number of carbonyl (C=O) groups is 2. The smallest absolute Gasteiger partial charge is 0.315 e. The van der Waals surface area contributed by atoms with Crippen LogP contribution in [0, 0.1) is 0 Å². The van der Waals surface area contributed by atoms with Crippen molar-refractivity contribution in [1.29, 1.82) is 0 Å². The molecule has 0 heterocycles. The minimum Gasteiger partial charge on any atom is -0.466 e. The number of rotatable bonds is 8. The summed E-state index contributed by atoms with van der Waals surface area (Å²) < 4.78 is 4.84. The molecule has 5 nitrogen and oxygen atoms in total. The number of benzene rings is 1. The zero-order valence-electron chi connectivity index (χ0n) is 15.1. The van der Waals surface area contributed by atoms with E-state index in [1.807, 2.05) is 45.0 Å². The van der Waals surface area contributed by atoms with Crippen molar-refractivity contribution in [2.24, 2.45) is 0 Å². The number of nitrogens with one attached hydrogen (secondary N) is 2. The Kier molecular flexibility index (Phi) is 7.49. The zero-order chi connectivity index (χ0) is 18.2. The van der Waals surface area contributed by atoms with E-state index in [0.717, 1.165) is 16.7 Å². The van der Waals surface area contributed by atoms with Gasteiger partial charge < -0.3 is 15.4 Å². The van der Waals surface area contributed by atoms with Crippen molar-refractivity contribution in [2.75, 3.05) is 13.2 Å². The van der Waals surface area contributed by atoms with Crippen molar-refractivity contribution in [1.82, 2.24) is 10.6 Å². The van der Waals surface area contributed by atoms with Gasteiger partial charge in [0.25, 0.3) is 0 Å². The first kappa shape index (κ1) is 19.7. The molecule has 0 aromatic heterocycles. The SMILES string of the molecule is C=C(C)c1cccc(C(C)(C)NC(=O)NCCCC(=O)OCC)c1. The molecule has 1 aromatic carbocycles. The highest BCUT2D eigenvalue weighted by Gasteiger charge is 2.23. The van der Waals surface area contributed by atoms with Gasteiger partial charge in [0.2, 0.25) is 0 Å². The summed E-state index contributed by atoms with van der Waals surface area (Å²) in [4.78, 5) is 23.3. The number of hydrogen-bond donors (Lipinski definition) is 2. The van der Waals surface area contributed by atoms with Crippen LogP contribution in [-0.2, 0) is 15.1 Å². The summed E-state index contributed by atoms with van der Waals surface area (Å²) in [6.07, 6.45) is 0.857. The summed E-state index contributed by atoms with van der Waals surface area (Å²) in [6, 6.07) is 7.71. The van der Waals surface area contributed by atoms with Crippen molar-refractivity contribution in [3.63, 3.8) is 0 Å². The molecule has 5 heteroatoms. The molecule has 0 unspecified atom stereocenters. The van der Waals surface area contributed by atoms with E-state index in [-0.39, 0.29) is 12.0 Å². The number of amides is 2. The predicted molar refractivity (Wildman–Crippen MR) is 96.6 cm³/mol. The van der Waals surface area contributed by atoms with Gasteiger partial charge in [-0.2, -0.15) is 0 Å². The third kappa shape index (κ3) is 6.44. The Bertz CT molecular complexity index is 594. The molecule has 0 aliphatic heterocycles. The molecule has 2 amide bonds. The molecule has 0 aliphatic carbocycles. The van der Waals surface area contributed by atoms with Crippen LogP contribution in [0.15, 0.2) is 30.8 Å². The van der Waals surface area contributed by atoms with Crippen LogP contribution >= 0.6 is 0 Å². The van der Waals surface area contributed by atoms with Crippen LogP contribution in [0.1, 0.15) is 51.7 Å². The van der Waals surface area contributed by atoms with Crippen LogP contribution in [0.3, 0.4) is 0 Å². The number of esters is 1. The minimum absolute atomic E-state index is 0.239. The van der Waals surface area contributed by atoms with Gasteiger partial charge in [-0.3, -0.25) is 4.79 Å². The standard InChI is InChI=1S/C19H28N2O3/c1-6-24-17(22)11-8-12-20-18(23)21-19(4,5)16-10-7-9-15(13-16)14(2)3/h7,9-10,13H,2,6,8,11-12H2,1,3-5H3,(H2,20,21,23). The zero-order valence-corrected chi connectivity index (χ0v) is 15.1. The monoisotopic (exact) mass is 332 g/mol. The van der Waals surface area contributed by atoms with Crippen molar-refractivity contribution < 1.29 is 14.3 Å². The highest BCUT2D eigenvalue weighted by Crippen LogP contribution is 2.23. The molecule has 0 spiro atoms. The maximum atomic E-state index is 12.1. The van der Waals surface area contributed by atoms with E-state index in [2.05, 4.69) is 17.2 Å². The Morgan fingerprint density at radius 1 is 1.29 bits per heavy atom. The molecular formula is C19H28N2O3. The molecule has 24 heavy (non-hydrogen) atoms. The van der Waals surface area contributed by atoms with E-state index in [0.29, 0.717) is 26.0 Å². The lowest BCUT2D eigenvalue weighted by Gasteiger charge is -2.27. The molecule has 2 N–H and O–H groups in total. The highest BCUT2D eigenvalue weighted by molar-refractivity contribution is 5.75. The Morgan fingerprint density at radius 3 is 2.62 bits per heavy atom. The fourth-order valence-corrected chi connectivity index (χ4v) is 2.24. The summed E-state index contributed by atoms with van der Waals surface area (Å²) in [7, 11) is 0. The van der Waals surface area contributed by atoms with E-state index in [1.165, 1.54) is 0 Å².